The van der Waals surface area contributed by atoms with Gasteiger partial charge in [0.2, 0.25) is 0 Å². The number of rotatable bonds is 3. The van der Waals surface area contributed by atoms with Gasteiger partial charge in [-0.1, -0.05) is 0 Å². The first kappa shape index (κ1) is 11.8. The van der Waals surface area contributed by atoms with Crippen LogP contribution in [0.4, 0.5) is 5.82 Å². The SMILES string of the molecule is Cc1sc2ncnc(NCC3(O)CNC3)c2c1C. The van der Waals surface area contributed by atoms with Gasteiger partial charge in [-0.05, 0) is 19.4 Å². The zero-order chi connectivity index (χ0) is 12.8. The second-order valence-electron chi connectivity index (χ2n) is 4.87. The summed E-state index contributed by atoms with van der Waals surface area (Å²) in [7, 11) is 0. The van der Waals surface area contributed by atoms with Crippen LogP contribution in [0.5, 0.6) is 0 Å². The molecule has 3 N–H and O–H groups in total. The molecule has 1 aliphatic rings. The molecule has 2 aromatic heterocycles. The molecular formula is C12H16N4OS. The van der Waals surface area contributed by atoms with E-state index in [1.165, 1.54) is 10.4 Å². The van der Waals surface area contributed by atoms with Gasteiger partial charge in [0.15, 0.2) is 0 Å². The first-order valence-corrected chi connectivity index (χ1v) is 6.78. The fourth-order valence-corrected chi connectivity index (χ4v) is 3.10. The highest BCUT2D eigenvalue weighted by Gasteiger charge is 2.34. The highest BCUT2D eigenvalue weighted by Crippen LogP contribution is 2.32. The minimum absolute atomic E-state index is 0.514. The lowest BCUT2D eigenvalue weighted by Gasteiger charge is -2.37. The molecule has 0 spiro atoms. The van der Waals surface area contributed by atoms with Crippen molar-refractivity contribution in [1.29, 1.82) is 0 Å². The average Bonchev–Trinajstić information content (AvgIpc) is 2.61. The van der Waals surface area contributed by atoms with Gasteiger partial charge in [-0.2, -0.15) is 0 Å². The Balaban J connectivity index is 1.91. The van der Waals surface area contributed by atoms with Gasteiger partial charge >= 0.3 is 0 Å². The van der Waals surface area contributed by atoms with Crippen LogP contribution in [0.25, 0.3) is 10.2 Å². The van der Waals surface area contributed by atoms with E-state index in [1.54, 1.807) is 17.7 Å². The number of anilines is 1. The topological polar surface area (TPSA) is 70.1 Å². The first-order chi connectivity index (χ1) is 8.59. The van der Waals surface area contributed by atoms with Crippen molar-refractivity contribution in [2.45, 2.75) is 19.4 Å². The van der Waals surface area contributed by atoms with Crippen molar-refractivity contribution in [2.24, 2.45) is 0 Å². The molecule has 3 heterocycles. The van der Waals surface area contributed by atoms with E-state index in [0.29, 0.717) is 19.6 Å². The molecule has 0 amide bonds. The van der Waals surface area contributed by atoms with E-state index in [2.05, 4.69) is 34.4 Å². The Labute approximate surface area is 109 Å². The largest absolute Gasteiger partial charge is 0.385 e. The molecule has 0 atom stereocenters. The molecule has 3 rings (SSSR count). The van der Waals surface area contributed by atoms with Crippen LogP contribution in [0.1, 0.15) is 10.4 Å². The Morgan fingerprint density at radius 2 is 2.22 bits per heavy atom. The summed E-state index contributed by atoms with van der Waals surface area (Å²) < 4.78 is 0. The molecule has 0 radical (unpaired) electrons. The maximum absolute atomic E-state index is 10.1. The molecule has 0 unspecified atom stereocenters. The zero-order valence-corrected chi connectivity index (χ0v) is 11.3. The summed E-state index contributed by atoms with van der Waals surface area (Å²) in [5.41, 5.74) is 0.577. The van der Waals surface area contributed by atoms with Gasteiger partial charge in [-0.15, -0.1) is 11.3 Å². The number of nitrogens with one attached hydrogen (secondary N) is 2. The fourth-order valence-electron chi connectivity index (χ4n) is 2.10. The summed E-state index contributed by atoms with van der Waals surface area (Å²) in [4.78, 5) is 10.9. The highest BCUT2D eigenvalue weighted by molar-refractivity contribution is 7.18. The number of hydrogen-bond acceptors (Lipinski definition) is 6. The standard InChI is InChI=1S/C12H16N4OS/c1-7-8(2)18-11-9(7)10(15-6-16-11)14-5-12(17)3-13-4-12/h6,13,17H,3-5H2,1-2H3,(H,14,15,16). The summed E-state index contributed by atoms with van der Waals surface area (Å²) in [6.07, 6.45) is 1.57. The number of aryl methyl sites for hydroxylation is 2. The zero-order valence-electron chi connectivity index (χ0n) is 10.4. The number of fused-ring (bicyclic) bond motifs is 1. The third-order valence-corrected chi connectivity index (χ3v) is 4.57. The smallest absolute Gasteiger partial charge is 0.138 e. The van der Waals surface area contributed by atoms with Crippen molar-refractivity contribution in [3.8, 4) is 0 Å². The minimum Gasteiger partial charge on any atom is -0.385 e. The third kappa shape index (κ3) is 1.86. The Morgan fingerprint density at radius 1 is 1.44 bits per heavy atom. The summed E-state index contributed by atoms with van der Waals surface area (Å²) >= 11 is 1.68. The maximum Gasteiger partial charge on any atom is 0.138 e. The third-order valence-electron chi connectivity index (χ3n) is 3.46. The summed E-state index contributed by atoms with van der Waals surface area (Å²) in [6.45, 7) is 5.96. The number of nitrogens with zero attached hydrogens (tertiary/aromatic N) is 2. The Morgan fingerprint density at radius 3 is 2.89 bits per heavy atom. The molecular weight excluding hydrogens is 248 g/mol. The van der Waals surface area contributed by atoms with Crippen molar-refractivity contribution in [3.05, 3.63) is 16.8 Å². The minimum atomic E-state index is -0.643. The first-order valence-electron chi connectivity index (χ1n) is 5.97. The number of thiophene rings is 1. The van der Waals surface area contributed by atoms with Crippen molar-refractivity contribution in [3.63, 3.8) is 0 Å². The summed E-state index contributed by atoms with van der Waals surface area (Å²) in [6, 6.07) is 0. The molecule has 0 bridgehead atoms. The van der Waals surface area contributed by atoms with Crippen LogP contribution in [-0.4, -0.2) is 40.3 Å². The van der Waals surface area contributed by atoms with Crippen LogP contribution in [0.3, 0.4) is 0 Å². The second kappa shape index (κ2) is 4.15. The van der Waals surface area contributed by atoms with Crippen LogP contribution < -0.4 is 10.6 Å². The van der Waals surface area contributed by atoms with Crippen molar-refractivity contribution in [1.82, 2.24) is 15.3 Å². The fraction of sp³-hybridized carbons (Fsp3) is 0.500. The van der Waals surface area contributed by atoms with Crippen LogP contribution in [-0.2, 0) is 0 Å². The molecule has 18 heavy (non-hydrogen) atoms. The number of β-amino-alcohol motifs (C(OH)–C–C–N with tert-alkyl or cyclic N) is 1. The number of hydrogen-bond donors (Lipinski definition) is 3. The number of aliphatic hydroxyl groups is 1. The predicted molar refractivity (Wildman–Crippen MR) is 73.2 cm³/mol. The monoisotopic (exact) mass is 264 g/mol. The average molecular weight is 264 g/mol. The molecule has 2 aromatic rings. The van der Waals surface area contributed by atoms with Gasteiger partial charge in [0.05, 0.1) is 5.39 Å². The summed E-state index contributed by atoms with van der Waals surface area (Å²) in [5, 5.41) is 17.5. The Kier molecular flexibility index (Phi) is 2.73. The molecule has 0 aromatic carbocycles. The van der Waals surface area contributed by atoms with E-state index in [4.69, 9.17) is 0 Å². The predicted octanol–water partition coefficient (Wildman–Crippen LogP) is 1.05. The van der Waals surface area contributed by atoms with E-state index in [1.807, 2.05) is 0 Å². The lowest BCUT2D eigenvalue weighted by Crippen LogP contribution is -2.63. The molecule has 5 nitrogen and oxygen atoms in total. The summed E-state index contributed by atoms with van der Waals surface area (Å²) in [5.74, 6) is 0.821. The van der Waals surface area contributed by atoms with Crippen LogP contribution in [0.2, 0.25) is 0 Å². The van der Waals surface area contributed by atoms with Crippen molar-refractivity contribution >= 4 is 27.4 Å². The highest BCUT2D eigenvalue weighted by atomic mass is 32.1. The van der Waals surface area contributed by atoms with Crippen molar-refractivity contribution < 1.29 is 5.11 Å². The lowest BCUT2D eigenvalue weighted by molar-refractivity contribution is 0.00308. The lowest BCUT2D eigenvalue weighted by atomic mass is 9.97. The van der Waals surface area contributed by atoms with Crippen LogP contribution in [0.15, 0.2) is 6.33 Å². The van der Waals surface area contributed by atoms with Gasteiger partial charge in [-0.25, -0.2) is 9.97 Å². The molecule has 1 aliphatic heterocycles. The number of aromatic nitrogens is 2. The van der Waals surface area contributed by atoms with E-state index in [-0.39, 0.29) is 0 Å². The molecule has 1 fully saturated rings. The van der Waals surface area contributed by atoms with Crippen molar-refractivity contribution in [2.75, 3.05) is 25.0 Å². The normalized spacial score (nSPS) is 17.7. The van der Waals surface area contributed by atoms with Gasteiger partial charge in [0.25, 0.3) is 0 Å². The molecule has 0 aliphatic carbocycles. The Hall–Kier alpha value is -1.24. The quantitative estimate of drug-likeness (QED) is 0.773. The molecule has 1 saturated heterocycles. The van der Waals surface area contributed by atoms with E-state index < -0.39 is 5.60 Å². The van der Waals surface area contributed by atoms with Gasteiger partial charge in [0, 0.05) is 24.5 Å². The maximum atomic E-state index is 10.1. The van der Waals surface area contributed by atoms with Crippen LogP contribution in [0, 0.1) is 13.8 Å². The van der Waals surface area contributed by atoms with E-state index in [9.17, 15) is 5.11 Å². The molecule has 6 heteroatoms. The molecule has 0 saturated carbocycles. The van der Waals surface area contributed by atoms with Gasteiger partial charge in [-0.3, -0.25) is 0 Å². The van der Waals surface area contributed by atoms with E-state index >= 15 is 0 Å². The second-order valence-corrected chi connectivity index (χ2v) is 6.07. The van der Waals surface area contributed by atoms with Crippen LogP contribution >= 0.6 is 11.3 Å². The van der Waals surface area contributed by atoms with E-state index in [0.717, 1.165) is 16.0 Å². The van der Waals surface area contributed by atoms with Gasteiger partial charge < -0.3 is 15.7 Å². The van der Waals surface area contributed by atoms with Gasteiger partial charge in [0.1, 0.15) is 22.6 Å². The molecule has 96 valence electrons. The Bertz CT molecular complexity index is 591.